The van der Waals surface area contributed by atoms with Crippen LogP contribution in [0.15, 0.2) is 24.3 Å². The molecule has 0 amide bonds. The maximum Gasteiger partial charge on any atom is 0.0642 e. The molecule has 19 heavy (non-hydrogen) atoms. The number of hydrogen-bond donors (Lipinski definition) is 1. The molecule has 2 rings (SSSR count). The summed E-state index contributed by atoms with van der Waals surface area (Å²) in [4.78, 5) is 2.41. The Morgan fingerprint density at radius 1 is 1.16 bits per heavy atom. The molecule has 3 heteroatoms. The van der Waals surface area contributed by atoms with Gasteiger partial charge in [-0.05, 0) is 31.4 Å². The summed E-state index contributed by atoms with van der Waals surface area (Å²) in [6.07, 6.45) is 1.19. The minimum atomic E-state index is 0.502. The van der Waals surface area contributed by atoms with Gasteiger partial charge in [-0.1, -0.05) is 26.0 Å². The topological polar surface area (TPSA) is 24.5 Å². The molecule has 106 valence electrons. The SMILES string of the molecule is CC(C)CC(C)Nc1ccccc1N1CCOCC1. The lowest BCUT2D eigenvalue weighted by atomic mass is 10.0. The number of anilines is 2. The molecule has 1 saturated heterocycles. The predicted molar refractivity (Wildman–Crippen MR) is 82.0 cm³/mol. The Morgan fingerprint density at radius 2 is 1.84 bits per heavy atom. The lowest BCUT2D eigenvalue weighted by Gasteiger charge is -2.31. The standard InChI is InChI=1S/C16H26N2O/c1-13(2)12-14(3)17-15-6-4-5-7-16(15)18-8-10-19-11-9-18/h4-7,13-14,17H,8-12H2,1-3H3. The molecule has 1 heterocycles. The highest BCUT2D eigenvalue weighted by molar-refractivity contribution is 5.70. The molecule has 1 aliphatic heterocycles. The molecule has 1 aliphatic rings. The summed E-state index contributed by atoms with van der Waals surface area (Å²) in [5.41, 5.74) is 2.55. The van der Waals surface area contributed by atoms with E-state index in [-0.39, 0.29) is 0 Å². The van der Waals surface area contributed by atoms with Gasteiger partial charge in [-0.15, -0.1) is 0 Å². The van der Waals surface area contributed by atoms with Gasteiger partial charge < -0.3 is 15.0 Å². The summed E-state index contributed by atoms with van der Waals surface area (Å²) >= 11 is 0. The van der Waals surface area contributed by atoms with Gasteiger partial charge in [-0.25, -0.2) is 0 Å². The van der Waals surface area contributed by atoms with Crippen molar-refractivity contribution in [1.82, 2.24) is 0 Å². The number of ether oxygens (including phenoxy) is 1. The lowest BCUT2D eigenvalue weighted by molar-refractivity contribution is 0.123. The van der Waals surface area contributed by atoms with E-state index in [4.69, 9.17) is 4.74 Å². The third-order valence-corrected chi connectivity index (χ3v) is 3.48. The van der Waals surface area contributed by atoms with Crippen molar-refractivity contribution >= 4 is 11.4 Å². The van der Waals surface area contributed by atoms with Crippen molar-refractivity contribution in [2.24, 2.45) is 5.92 Å². The summed E-state index contributed by atoms with van der Waals surface area (Å²) < 4.78 is 5.43. The number of rotatable bonds is 5. The van der Waals surface area contributed by atoms with Crippen molar-refractivity contribution in [1.29, 1.82) is 0 Å². The van der Waals surface area contributed by atoms with Gasteiger partial charge in [0.25, 0.3) is 0 Å². The summed E-state index contributed by atoms with van der Waals surface area (Å²) in [6.45, 7) is 10.4. The molecule has 0 spiro atoms. The van der Waals surface area contributed by atoms with E-state index < -0.39 is 0 Å². The van der Waals surface area contributed by atoms with Gasteiger partial charge >= 0.3 is 0 Å². The van der Waals surface area contributed by atoms with Crippen LogP contribution >= 0.6 is 0 Å². The fraction of sp³-hybridized carbons (Fsp3) is 0.625. The molecular formula is C16H26N2O. The second kappa shape index (κ2) is 6.80. The van der Waals surface area contributed by atoms with Crippen LogP contribution in [-0.2, 0) is 4.74 Å². The van der Waals surface area contributed by atoms with E-state index in [9.17, 15) is 0 Å². The van der Waals surface area contributed by atoms with Gasteiger partial charge in [-0.2, -0.15) is 0 Å². The molecule has 0 aromatic heterocycles. The normalized spacial score (nSPS) is 17.6. The average molecular weight is 262 g/mol. The minimum Gasteiger partial charge on any atom is -0.381 e. The first kappa shape index (κ1) is 14.2. The summed E-state index contributed by atoms with van der Waals surface area (Å²) in [5.74, 6) is 0.720. The van der Waals surface area contributed by atoms with Crippen molar-refractivity contribution in [3.63, 3.8) is 0 Å². The van der Waals surface area contributed by atoms with Crippen LogP contribution in [0.5, 0.6) is 0 Å². The van der Waals surface area contributed by atoms with Crippen LogP contribution < -0.4 is 10.2 Å². The van der Waals surface area contributed by atoms with Crippen LogP contribution in [0.3, 0.4) is 0 Å². The minimum absolute atomic E-state index is 0.502. The molecule has 1 aromatic carbocycles. The second-order valence-corrected chi connectivity index (χ2v) is 5.79. The highest BCUT2D eigenvalue weighted by atomic mass is 16.5. The van der Waals surface area contributed by atoms with Gasteiger partial charge in [0, 0.05) is 19.1 Å². The number of nitrogens with one attached hydrogen (secondary N) is 1. The summed E-state index contributed by atoms with van der Waals surface area (Å²) in [7, 11) is 0. The monoisotopic (exact) mass is 262 g/mol. The fourth-order valence-corrected chi connectivity index (χ4v) is 2.71. The number of benzene rings is 1. The van der Waals surface area contributed by atoms with Gasteiger partial charge in [0.15, 0.2) is 0 Å². The number of nitrogens with zero attached hydrogens (tertiary/aromatic N) is 1. The molecule has 1 atom stereocenters. The summed E-state index contributed by atoms with van der Waals surface area (Å²) in [6, 6.07) is 9.11. The zero-order valence-corrected chi connectivity index (χ0v) is 12.4. The van der Waals surface area contributed by atoms with Crippen LogP contribution in [0.4, 0.5) is 11.4 Å². The maximum atomic E-state index is 5.43. The highest BCUT2D eigenvalue weighted by Gasteiger charge is 2.15. The Balaban J connectivity index is 2.07. The van der Waals surface area contributed by atoms with E-state index in [1.54, 1.807) is 0 Å². The Bertz CT molecular complexity index is 386. The first-order valence-corrected chi connectivity index (χ1v) is 7.35. The van der Waals surface area contributed by atoms with Gasteiger partial charge in [0.1, 0.15) is 0 Å². The van der Waals surface area contributed by atoms with Crippen LogP contribution in [-0.4, -0.2) is 32.3 Å². The fourth-order valence-electron chi connectivity index (χ4n) is 2.71. The Morgan fingerprint density at radius 3 is 2.53 bits per heavy atom. The third-order valence-electron chi connectivity index (χ3n) is 3.48. The van der Waals surface area contributed by atoms with E-state index in [1.165, 1.54) is 17.8 Å². The zero-order chi connectivity index (χ0) is 13.7. The molecular weight excluding hydrogens is 236 g/mol. The molecule has 1 aromatic rings. The second-order valence-electron chi connectivity index (χ2n) is 5.79. The van der Waals surface area contributed by atoms with Crippen molar-refractivity contribution < 1.29 is 4.74 Å². The number of hydrogen-bond acceptors (Lipinski definition) is 3. The Hall–Kier alpha value is -1.22. The molecule has 1 fully saturated rings. The van der Waals surface area contributed by atoms with E-state index in [0.29, 0.717) is 6.04 Å². The van der Waals surface area contributed by atoms with Gasteiger partial charge in [-0.3, -0.25) is 0 Å². The largest absolute Gasteiger partial charge is 0.381 e. The first-order chi connectivity index (χ1) is 9.16. The molecule has 0 saturated carbocycles. The molecule has 1 N–H and O–H groups in total. The van der Waals surface area contributed by atoms with Crippen molar-refractivity contribution in [2.45, 2.75) is 33.2 Å². The quantitative estimate of drug-likeness (QED) is 0.880. The Labute approximate surface area is 116 Å². The molecule has 1 unspecified atom stereocenters. The van der Waals surface area contributed by atoms with Crippen LogP contribution in [0.25, 0.3) is 0 Å². The van der Waals surface area contributed by atoms with E-state index in [2.05, 4.69) is 55.3 Å². The Kier molecular flexibility index (Phi) is 5.08. The average Bonchev–Trinajstić information content (AvgIpc) is 2.39. The van der Waals surface area contributed by atoms with Gasteiger partial charge in [0.05, 0.1) is 24.6 Å². The number of morpholine rings is 1. The highest BCUT2D eigenvalue weighted by Crippen LogP contribution is 2.27. The molecule has 3 nitrogen and oxygen atoms in total. The lowest BCUT2D eigenvalue weighted by Crippen LogP contribution is -2.36. The van der Waals surface area contributed by atoms with E-state index >= 15 is 0 Å². The molecule has 0 bridgehead atoms. The van der Waals surface area contributed by atoms with Gasteiger partial charge in [0.2, 0.25) is 0 Å². The predicted octanol–water partition coefficient (Wildman–Crippen LogP) is 3.37. The maximum absolute atomic E-state index is 5.43. The molecule has 0 aliphatic carbocycles. The van der Waals surface area contributed by atoms with Crippen LogP contribution in [0, 0.1) is 5.92 Å². The smallest absolute Gasteiger partial charge is 0.0642 e. The van der Waals surface area contributed by atoms with Crippen LogP contribution in [0.1, 0.15) is 27.2 Å². The first-order valence-electron chi connectivity index (χ1n) is 7.35. The van der Waals surface area contributed by atoms with Crippen molar-refractivity contribution in [3.8, 4) is 0 Å². The van der Waals surface area contributed by atoms with E-state index in [1.807, 2.05) is 0 Å². The van der Waals surface area contributed by atoms with Crippen molar-refractivity contribution in [2.75, 3.05) is 36.5 Å². The van der Waals surface area contributed by atoms with E-state index in [0.717, 1.165) is 32.2 Å². The zero-order valence-electron chi connectivity index (χ0n) is 12.4. The number of para-hydroxylation sites is 2. The van der Waals surface area contributed by atoms with Crippen molar-refractivity contribution in [3.05, 3.63) is 24.3 Å². The molecule has 0 radical (unpaired) electrons. The third kappa shape index (κ3) is 4.13. The summed E-state index contributed by atoms with van der Waals surface area (Å²) in [5, 5.41) is 3.66. The van der Waals surface area contributed by atoms with Crippen LogP contribution in [0.2, 0.25) is 0 Å².